The molecule has 0 aliphatic carbocycles. The zero-order valence-electron chi connectivity index (χ0n) is 16.4. The van der Waals surface area contributed by atoms with Crippen LogP contribution in [0, 0.1) is 0 Å². The van der Waals surface area contributed by atoms with Crippen LogP contribution in [0.15, 0.2) is 89.7 Å². The second-order valence-electron chi connectivity index (χ2n) is 6.83. The van der Waals surface area contributed by atoms with Gasteiger partial charge in [0, 0.05) is 10.9 Å². The minimum absolute atomic E-state index is 0.0676. The monoisotopic (exact) mass is 397 g/mol. The summed E-state index contributed by atoms with van der Waals surface area (Å²) in [6, 6.07) is 25.2. The average Bonchev–Trinajstić information content (AvgIpc) is 2.80. The molecular weight excluding hydrogens is 378 g/mol. The molecule has 0 spiro atoms. The first-order chi connectivity index (χ1) is 14.6. The molecule has 0 atom stereocenters. The van der Waals surface area contributed by atoms with Gasteiger partial charge in [-0.3, -0.25) is 9.59 Å². The fourth-order valence-corrected chi connectivity index (χ4v) is 3.59. The SMILES string of the molecule is COC(=O)c1c(C(=O)c2ccccc2)c2ccccc2n(Cc2ccccc2)c1=O. The molecule has 0 saturated carbocycles. The maximum atomic E-state index is 13.5. The van der Waals surface area contributed by atoms with Crippen molar-refractivity contribution in [2.45, 2.75) is 6.54 Å². The first kappa shape index (κ1) is 19.3. The Hall–Kier alpha value is -3.99. The van der Waals surface area contributed by atoms with Gasteiger partial charge in [0.1, 0.15) is 5.56 Å². The molecule has 0 N–H and O–H groups in total. The summed E-state index contributed by atoms with van der Waals surface area (Å²) in [7, 11) is 1.20. The van der Waals surface area contributed by atoms with Gasteiger partial charge in [0.2, 0.25) is 0 Å². The molecule has 3 aromatic carbocycles. The van der Waals surface area contributed by atoms with Crippen LogP contribution >= 0.6 is 0 Å². The van der Waals surface area contributed by atoms with E-state index < -0.39 is 17.3 Å². The highest BCUT2D eigenvalue weighted by atomic mass is 16.5. The zero-order valence-corrected chi connectivity index (χ0v) is 16.4. The number of esters is 1. The predicted octanol–water partition coefficient (Wildman–Crippen LogP) is 4.07. The third-order valence-corrected chi connectivity index (χ3v) is 5.01. The van der Waals surface area contributed by atoms with Crippen LogP contribution in [0.4, 0.5) is 0 Å². The van der Waals surface area contributed by atoms with Gasteiger partial charge >= 0.3 is 5.97 Å². The fraction of sp³-hybridized carbons (Fsp3) is 0.0800. The molecule has 0 radical (unpaired) electrons. The number of pyridine rings is 1. The minimum atomic E-state index is -0.827. The minimum Gasteiger partial charge on any atom is -0.465 e. The molecule has 4 aromatic rings. The van der Waals surface area contributed by atoms with Crippen LogP contribution in [0.1, 0.15) is 31.8 Å². The number of carbonyl (C=O) groups is 2. The van der Waals surface area contributed by atoms with E-state index in [2.05, 4.69) is 0 Å². The zero-order chi connectivity index (χ0) is 21.1. The lowest BCUT2D eigenvalue weighted by atomic mass is 9.94. The Kier molecular flexibility index (Phi) is 5.26. The summed E-state index contributed by atoms with van der Waals surface area (Å²) < 4.78 is 6.41. The summed E-state index contributed by atoms with van der Waals surface area (Å²) in [5.74, 6) is -1.22. The Morgan fingerprint density at radius 3 is 2.07 bits per heavy atom. The molecule has 148 valence electrons. The number of methoxy groups -OCH3 is 1. The number of nitrogens with zero attached hydrogens (tertiary/aromatic N) is 1. The number of aromatic nitrogens is 1. The number of ether oxygens (including phenoxy) is 1. The van der Waals surface area contributed by atoms with Crippen molar-refractivity contribution in [2.75, 3.05) is 7.11 Å². The quantitative estimate of drug-likeness (QED) is 0.376. The van der Waals surface area contributed by atoms with Gasteiger partial charge in [-0.1, -0.05) is 78.9 Å². The largest absolute Gasteiger partial charge is 0.465 e. The van der Waals surface area contributed by atoms with Gasteiger partial charge in [0.15, 0.2) is 5.78 Å². The topological polar surface area (TPSA) is 65.4 Å². The summed E-state index contributed by atoms with van der Waals surface area (Å²) in [4.78, 5) is 39.5. The van der Waals surface area contributed by atoms with E-state index in [1.165, 1.54) is 11.7 Å². The summed E-state index contributed by atoms with van der Waals surface area (Å²) in [5.41, 5.74) is 1.15. The Balaban J connectivity index is 2.05. The van der Waals surface area contributed by atoms with Crippen molar-refractivity contribution in [3.05, 3.63) is 118 Å². The van der Waals surface area contributed by atoms with Crippen LogP contribution in [-0.4, -0.2) is 23.4 Å². The number of para-hydroxylation sites is 1. The van der Waals surface area contributed by atoms with Crippen LogP contribution in [-0.2, 0) is 11.3 Å². The number of benzene rings is 3. The van der Waals surface area contributed by atoms with Gasteiger partial charge in [-0.2, -0.15) is 0 Å². The number of hydrogen-bond donors (Lipinski definition) is 0. The third kappa shape index (κ3) is 3.42. The Morgan fingerprint density at radius 1 is 0.800 bits per heavy atom. The van der Waals surface area contributed by atoms with Crippen LogP contribution in [0.5, 0.6) is 0 Å². The predicted molar refractivity (Wildman–Crippen MR) is 115 cm³/mol. The van der Waals surface area contributed by atoms with E-state index in [0.29, 0.717) is 16.5 Å². The molecular formula is C25H19NO4. The Labute approximate surface area is 173 Å². The molecule has 5 nitrogen and oxygen atoms in total. The van der Waals surface area contributed by atoms with Crippen molar-refractivity contribution in [2.24, 2.45) is 0 Å². The van der Waals surface area contributed by atoms with E-state index in [1.54, 1.807) is 54.6 Å². The maximum absolute atomic E-state index is 13.5. The first-order valence-corrected chi connectivity index (χ1v) is 9.49. The number of rotatable bonds is 5. The van der Waals surface area contributed by atoms with Crippen LogP contribution in [0.25, 0.3) is 10.9 Å². The van der Waals surface area contributed by atoms with Crippen LogP contribution in [0.2, 0.25) is 0 Å². The van der Waals surface area contributed by atoms with Gasteiger partial charge in [-0.15, -0.1) is 0 Å². The van der Waals surface area contributed by atoms with E-state index >= 15 is 0 Å². The van der Waals surface area contributed by atoms with Crippen molar-refractivity contribution in [3.63, 3.8) is 0 Å². The first-order valence-electron chi connectivity index (χ1n) is 9.49. The number of fused-ring (bicyclic) bond motifs is 1. The molecule has 1 aromatic heterocycles. The van der Waals surface area contributed by atoms with Gasteiger partial charge < -0.3 is 9.30 Å². The molecule has 0 amide bonds. The van der Waals surface area contributed by atoms with Crippen LogP contribution < -0.4 is 5.56 Å². The van der Waals surface area contributed by atoms with Crippen molar-refractivity contribution in [1.82, 2.24) is 4.57 Å². The third-order valence-electron chi connectivity index (χ3n) is 5.01. The summed E-state index contributed by atoms with van der Waals surface area (Å²) in [6.45, 7) is 0.268. The number of hydrogen-bond acceptors (Lipinski definition) is 4. The normalized spacial score (nSPS) is 10.7. The molecule has 1 heterocycles. The molecule has 0 fully saturated rings. The second-order valence-corrected chi connectivity index (χ2v) is 6.83. The molecule has 0 aliphatic rings. The van der Waals surface area contributed by atoms with Crippen molar-refractivity contribution >= 4 is 22.7 Å². The summed E-state index contributed by atoms with van der Waals surface area (Å²) in [6.07, 6.45) is 0. The Morgan fingerprint density at radius 2 is 1.40 bits per heavy atom. The molecule has 0 saturated heterocycles. The van der Waals surface area contributed by atoms with Gasteiger partial charge in [-0.25, -0.2) is 4.79 Å². The van der Waals surface area contributed by atoms with Gasteiger partial charge in [0.05, 0.1) is 24.7 Å². The van der Waals surface area contributed by atoms with Crippen LogP contribution in [0.3, 0.4) is 0 Å². The van der Waals surface area contributed by atoms with E-state index in [4.69, 9.17) is 4.74 Å². The van der Waals surface area contributed by atoms with Crippen molar-refractivity contribution < 1.29 is 14.3 Å². The Bertz CT molecular complexity index is 1290. The van der Waals surface area contributed by atoms with E-state index in [0.717, 1.165) is 5.56 Å². The number of ketones is 1. The lowest BCUT2D eigenvalue weighted by molar-refractivity contribution is 0.0595. The van der Waals surface area contributed by atoms with E-state index in [1.807, 2.05) is 30.3 Å². The van der Waals surface area contributed by atoms with Gasteiger partial charge in [-0.05, 0) is 11.6 Å². The second kappa shape index (κ2) is 8.17. The molecule has 4 rings (SSSR count). The lowest BCUT2D eigenvalue weighted by Gasteiger charge is -2.16. The van der Waals surface area contributed by atoms with Crippen molar-refractivity contribution in [1.29, 1.82) is 0 Å². The molecule has 0 unspecified atom stereocenters. The molecule has 0 bridgehead atoms. The highest BCUT2D eigenvalue weighted by molar-refractivity contribution is 6.20. The molecule has 30 heavy (non-hydrogen) atoms. The van der Waals surface area contributed by atoms with Crippen molar-refractivity contribution in [3.8, 4) is 0 Å². The average molecular weight is 397 g/mol. The highest BCUT2D eigenvalue weighted by Crippen LogP contribution is 2.24. The van der Waals surface area contributed by atoms with E-state index in [-0.39, 0.29) is 17.7 Å². The number of carbonyl (C=O) groups excluding carboxylic acids is 2. The standard InChI is InChI=1S/C25H19NO4/c1-30-25(29)22-21(23(27)18-12-6-3-7-13-18)19-14-8-9-15-20(19)26(24(22)28)16-17-10-4-2-5-11-17/h2-15H,16H2,1H3. The molecule has 0 aliphatic heterocycles. The van der Waals surface area contributed by atoms with Gasteiger partial charge in [0.25, 0.3) is 5.56 Å². The van der Waals surface area contributed by atoms with E-state index in [9.17, 15) is 14.4 Å². The lowest BCUT2D eigenvalue weighted by Crippen LogP contribution is -2.31. The smallest absolute Gasteiger partial charge is 0.344 e. The highest BCUT2D eigenvalue weighted by Gasteiger charge is 2.27. The summed E-state index contributed by atoms with van der Waals surface area (Å²) in [5, 5.41) is 0.530. The summed E-state index contributed by atoms with van der Waals surface area (Å²) >= 11 is 0. The maximum Gasteiger partial charge on any atom is 0.344 e. The molecule has 5 heteroatoms. The fourth-order valence-electron chi connectivity index (χ4n) is 3.59.